The molecule has 0 aliphatic carbocycles. The number of hydrogen-bond donors (Lipinski definition) is 1. The van der Waals surface area contributed by atoms with Gasteiger partial charge in [-0.05, 0) is 55.4 Å². The van der Waals surface area contributed by atoms with Crippen LogP contribution in [0.15, 0.2) is 77.6 Å². The van der Waals surface area contributed by atoms with Crippen LogP contribution < -0.4 is 10.3 Å². The molecule has 0 radical (unpaired) electrons. The van der Waals surface area contributed by atoms with E-state index < -0.39 is 0 Å². The van der Waals surface area contributed by atoms with Crippen LogP contribution in [0.5, 0.6) is 5.75 Å². The minimum Gasteiger partial charge on any atom is -0.483 e. The molecule has 0 aliphatic rings. The summed E-state index contributed by atoms with van der Waals surface area (Å²) < 4.78 is 10.2. The third-order valence-corrected chi connectivity index (χ3v) is 6.08. The zero-order valence-corrected chi connectivity index (χ0v) is 19.7. The summed E-state index contributed by atoms with van der Waals surface area (Å²) in [7, 11) is 0. The smallest absolute Gasteiger partial charge is 0.266 e. The molecular weight excluding hydrogens is 446 g/mol. The van der Waals surface area contributed by atoms with Gasteiger partial charge in [0, 0.05) is 0 Å². The monoisotopic (exact) mass is 469 g/mol. The number of benzene rings is 3. The molecule has 7 nitrogen and oxygen atoms in total. The molecular formula is C26H23N5O2S. The first-order valence-electron chi connectivity index (χ1n) is 10.9. The number of rotatable bonds is 6. The molecule has 0 fully saturated rings. The number of fused-ring (bicyclic) bond motifs is 1. The van der Waals surface area contributed by atoms with Gasteiger partial charge in [-0.2, -0.15) is 5.10 Å². The minimum atomic E-state index is -0.131. The molecule has 0 spiro atoms. The summed E-state index contributed by atoms with van der Waals surface area (Å²) >= 11 is 5.42. The van der Waals surface area contributed by atoms with Gasteiger partial charge in [-0.15, -0.1) is 0 Å². The van der Waals surface area contributed by atoms with Crippen LogP contribution in [-0.4, -0.2) is 24.3 Å². The lowest BCUT2D eigenvalue weighted by Gasteiger charge is -2.15. The van der Waals surface area contributed by atoms with Gasteiger partial charge in [-0.1, -0.05) is 54.6 Å². The lowest BCUT2D eigenvalue weighted by atomic mass is 10.1. The van der Waals surface area contributed by atoms with Crippen LogP contribution in [0.1, 0.15) is 22.8 Å². The highest BCUT2D eigenvalue weighted by Gasteiger charge is 2.15. The van der Waals surface area contributed by atoms with Crippen molar-refractivity contribution in [2.45, 2.75) is 27.0 Å². The Morgan fingerprint density at radius 1 is 0.971 bits per heavy atom. The Morgan fingerprint density at radius 3 is 2.53 bits per heavy atom. The van der Waals surface area contributed by atoms with Gasteiger partial charge < -0.3 is 4.74 Å². The maximum absolute atomic E-state index is 13.4. The van der Waals surface area contributed by atoms with E-state index in [0.717, 1.165) is 16.8 Å². The summed E-state index contributed by atoms with van der Waals surface area (Å²) in [5, 5.41) is 7.68. The van der Waals surface area contributed by atoms with E-state index in [1.807, 2.05) is 79.1 Å². The Balaban J connectivity index is 1.49. The molecule has 0 saturated carbocycles. The van der Waals surface area contributed by atoms with E-state index in [-0.39, 0.29) is 12.2 Å². The fourth-order valence-electron chi connectivity index (χ4n) is 4.04. The van der Waals surface area contributed by atoms with Gasteiger partial charge >= 0.3 is 0 Å². The van der Waals surface area contributed by atoms with E-state index in [1.54, 1.807) is 16.7 Å². The fraction of sp³-hybridized carbons (Fsp3) is 0.154. The molecule has 0 saturated heterocycles. The number of hydrogen-bond acceptors (Lipinski definition) is 5. The zero-order chi connectivity index (χ0) is 23.7. The Hall–Kier alpha value is -4.04. The molecule has 0 amide bonds. The van der Waals surface area contributed by atoms with Crippen molar-refractivity contribution in [2.75, 3.05) is 0 Å². The van der Waals surface area contributed by atoms with Gasteiger partial charge in [-0.3, -0.25) is 19.0 Å². The molecule has 0 bridgehead atoms. The third kappa shape index (κ3) is 4.04. The van der Waals surface area contributed by atoms with Crippen molar-refractivity contribution < 1.29 is 4.74 Å². The average molecular weight is 470 g/mol. The second-order valence-electron chi connectivity index (χ2n) is 8.04. The quantitative estimate of drug-likeness (QED) is 0.359. The molecule has 8 heteroatoms. The van der Waals surface area contributed by atoms with Crippen LogP contribution in [0, 0.1) is 18.6 Å². The van der Waals surface area contributed by atoms with E-state index in [9.17, 15) is 4.79 Å². The third-order valence-electron chi connectivity index (χ3n) is 5.76. The predicted octanol–water partition coefficient (Wildman–Crippen LogP) is 4.88. The summed E-state index contributed by atoms with van der Waals surface area (Å²) in [5.74, 6) is 1.78. The van der Waals surface area contributed by atoms with Crippen LogP contribution in [0.2, 0.25) is 0 Å². The van der Waals surface area contributed by atoms with Gasteiger partial charge in [0.25, 0.3) is 5.56 Å². The molecule has 34 heavy (non-hydrogen) atoms. The summed E-state index contributed by atoms with van der Waals surface area (Å²) in [6.45, 7) is 4.57. The molecule has 170 valence electrons. The predicted molar refractivity (Wildman–Crippen MR) is 134 cm³/mol. The molecule has 2 heterocycles. The van der Waals surface area contributed by atoms with Gasteiger partial charge in [0.2, 0.25) is 0 Å². The number of H-pyrrole nitrogens is 1. The second kappa shape index (κ2) is 9.07. The number of aryl methyl sites for hydroxylation is 2. The van der Waals surface area contributed by atoms with Gasteiger partial charge in [0.1, 0.15) is 23.7 Å². The molecule has 5 rings (SSSR count). The normalized spacial score (nSPS) is 11.1. The Morgan fingerprint density at radius 2 is 1.74 bits per heavy atom. The standard InChI is InChI=1S/C26H23N5O2S/c1-17-9-6-7-13-21(17)31-18(2)27-24-20(25(31)32)12-8-14-22(24)33-16-23-28-29-26(34)30(23)15-19-10-4-3-5-11-19/h3-14H,15-16H2,1-2H3,(H,29,34). The van der Waals surface area contributed by atoms with Crippen LogP contribution in [0.3, 0.4) is 0 Å². The molecule has 0 unspecified atom stereocenters. The Labute approximate surface area is 201 Å². The maximum Gasteiger partial charge on any atom is 0.266 e. The number of nitrogens with zero attached hydrogens (tertiary/aromatic N) is 4. The van der Waals surface area contributed by atoms with Crippen LogP contribution in [0.4, 0.5) is 0 Å². The molecule has 0 atom stereocenters. The van der Waals surface area contributed by atoms with Crippen molar-refractivity contribution in [1.29, 1.82) is 0 Å². The van der Waals surface area contributed by atoms with Gasteiger partial charge in [0.05, 0.1) is 17.6 Å². The Kier molecular flexibility index (Phi) is 5.81. The van der Waals surface area contributed by atoms with Crippen molar-refractivity contribution in [3.63, 3.8) is 0 Å². The van der Waals surface area contributed by atoms with Crippen LogP contribution in [0.25, 0.3) is 16.6 Å². The first-order valence-corrected chi connectivity index (χ1v) is 11.3. The van der Waals surface area contributed by atoms with Gasteiger partial charge in [-0.25, -0.2) is 4.98 Å². The lowest BCUT2D eigenvalue weighted by molar-refractivity contribution is 0.292. The van der Waals surface area contributed by atoms with Crippen molar-refractivity contribution in [3.8, 4) is 11.4 Å². The van der Waals surface area contributed by atoms with Crippen LogP contribution in [-0.2, 0) is 13.2 Å². The van der Waals surface area contributed by atoms with Crippen molar-refractivity contribution >= 4 is 23.1 Å². The van der Waals surface area contributed by atoms with E-state index >= 15 is 0 Å². The van der Waals surface area contributed by atoms with E-state index in [1.165, 1.54) is 0 Å². The number of para-hydroxylation sites is 2. The number of ether oxygens (including phenoxy) is 1. The summed E-state index contributed by atoms with van der Waals surface area (Å²) in [6.07, 6.45) is 0. The highest BCUT2D eigenvalue weighted by molar-refractivity contribution is 7.71. The molecule has 1 N–H and O–H groups in total. The van der Waals surface area contributed by atoms with Crippen molar-refractivity contribution in [2.24, 2.45) is 0 Å². The largest absolute Gasteiger partial charge is 0.483 e. The highest BCUT2D eigenvalue weighted by Crippen LogP contribution is 2.24. The van der Waals surface area contributed by atoms with Crippen molar-refractivity contribution in [3.05, 3.63) is 111 Å². The van der Waals surface area contributed by atoms with E-state index in [2.05, 4.69) is 10.2 Å². The molecule has 3 aromatic carbocycles. The average Bonchev–Trinajstić information content (AvgIpc) is 3.18. The first-order chi connectivity index (χ1) is 16.5. The minimum absolute atomic E-state index is 0.131. The summed E-state index contributed by atoms with van der Waals surface area (Å²) in [4.78, 5) is 18.2. The maximum atomic E-state index is 13.4. The number of nitrogens with one attached hydrogen (secondary N) is 1. The molecule has 0 aliphatic heterocycles. The summed E-state index contributed by atoms with van der Waals surface area (Å²) in [5.41, 5.74) is 3.33. The SMILES string of the molecule is Cc1ccccc1-n1c(C)nc2c(OCc3n[nH]c(=S)n3Cc3ccccc3)cccc2c1=O. The van der Waals surface area contributed by atoms with Crippen LogP contribution >= 0.6 is 12.2 Å². The van der Waals surface area contributed by atoms with E-state index in [0.29, 0.717) is 39.6 Å². The molecule has 2 aromatic heterocycles. The topological polar surface area (TPSA) is 77.7 Å². The second-order valence-corrected chi connectivity index (χ2v) is 8.43. The lowest BCUT2D eigenvalue weighted by Crippen LogP contribution is -2.23. The first kappa shape index (κ1) is 21.8. The van der Waals surface area contributed by atoms with E-state index in [4.69, 9.17) is 21.9 Å². The number of aromatic amines is 1. The zero-order valence-electron chi connectivity index (χ0n) is 18.9. The highest BCUT2D eigenvalue weighted by atomic mass is 32.1. The molecule has 5 aromatic rings. The summed E-state index contributed by atoms with van der Waals surface area (Å²) in [6, 6.07) is 23.2. The number of aromatic nitrogens is 5. The Bertz CT molecular complexity index is 1600. The van der Waals surface area contributed by atoms with Crippen molar-refractivity contribution in [1.82, 2.24) is 24.3 Å². The van der Waals surface area contributed by atoms with Gasteiger partial charge in [0.15, 0.2) is 10.6 Å². The fourth-order valence-corrected chi connectivity index (χ4v) is 4.25.